The number of nitrogens with one attached hydrogen (secondary N) is 1. The molecule has 1 aliphatic carbocycles. The highest BCUT2D eigenvalue weighted by Gasteiger charge is 2.31. The molecule has 0 bridgehead atoms. The number of thiophene rings is 1. The maximum atomic E-state index is 12.4. The van der Waals surface area contributed by atoms with Crippen molar-refractivity contribution in [3.63, 3.8) is 0 Å². The van der Waals surface area contributed by atoms with Crippen molar-refractivity contribution in [3.8, 4) is 0 Å². The van der Waals surface area contributed by atoms with E-state index in [0.29, 0.717) is 11.8 Å². The Morgan fingerprint density at radius 1 is 1.06 bits per heavy atom. The third-order valence-electron chi connectivity index (χ3n) is 6.78. The molecule has 4 rings (SSSR count). The molecule has 31 heavy (non-hydrogen) atoms. The minimum Gasteiger partial charge on any atom is -0.357 e. The zero-order chi connectivity index (χ0) is 21.5. The first-order valence-electron chi connectivity index (χ1n) is 12.0. The van der Waals surface area contributed by atoms with Gasteiger partial charge in [-0.05, 0) is 31.2 Å². The average Bonchev–Trinajstić information content (AvgIpc) is 3.26. The molecule has 2 aliphatic heterocycles. The Morgan fingerprint density at radius 3 is 2.39 bits per heavy atom. The first-order valence-corrected chi connectivity index (χ1v) is 12.9. The topological polar surface area (TPSA) is 54.4 Å². The van der Waals surface area contributed by atoms with Crippen LogP contribution in [0.25, 0.3) is 0 Å². The first kappa shape index (κ1) is 22.6. The quantitative estimate of drug-likeness (QED) is 0.511. The molecule has 172 valence electrons. The van der Waals surface area contributed by atoms with Crippen LogP contribution in [-0.2, 0) is 11.3 Å². The molecule has 3 fully saturated rings. The van der Waals surface area contributed by atoms with Crippen molar-refractivity contribution in [1.82, 2.24) is 24.9 Å². The summed E-state index contributed by atoms with van der Waals surface area (Å²) in [6, 6.07) is 4.36. The number of guanidine groups is 1. The van der Waals surface area contributed by atoms with Gasteiger partial charge in [0.15, 0.2) is 5.96 Å². The molecule has 0 atom stereocenters. The summed E-state index contributed by atoms with van der Waals surface area (Å²) in [7, 11) is 0. The van der Waals surface area contributed by atoms with E-state index in [9.17, 15) is 4.79 Å². The van der Waals surface area contributed by atoms with Crippen molar-refractivity contribution in [3.05, 3.63) is 22.4 Å². The molecule has 8 heteroatoms. The number of nitrogens with zero attached hydrogens (tertiary/aromatic N) is 5. The van der Waals surface area contributed by atoms with E-state index in [0.717, 1.165) is 97.3 Å². The zero-order valence-corrected chi connectivity index (χ0v) is 19.8. The van der Waals surface area contributed by atoms with E-state index in [-0.39, 0.29) is 0 Å². The molecule has 1 saturated carbocycles. The Labute approximate surface area is 191 Å². The lowest BCUT2D eigenvalue weighted by atomic mass is 9.84. The van der Waals surface area contributed by atoms with Gasteiger partial charge in [0.05, 0.1) is 6.54 Å². The second-order valence-corrected chi connectivity index (χ2v) is 9.91. The van der Waals surface area contributed by atoms with Crippen molar-refractivity contribution in [2.75, 3.05) is 72.0 Å². The van der Waals surface area contributed by atoms with Crippen molar-refractivity contribution in [2.45, 2.75) is 32.7 Å². The van der Waals surface area contributed by atoms with E-state index in [4.69, 9.17) is 4.99 Å². The van der Waals surface area contributed by atoms with Gasteiger partial charge in [-0.15, -0.1) is 11.3 Å². The molecule has 0 unspecified atom stereocenters. The molecule has 3 aliphatic rings. The summed E-state index contributed by atoms with van der Waals surface area (Å²) in [5, 5.41) is 5.65. The highest BCUT2D eigenvalue weighted by molar-refractivity contribution is 7.09. The van der Waals surface area contributed by atoms with E-state index >= 15 is 0 Å². The molecule has 3 heterocycles. The highest BCUT2D eigenvalue weighted by atomic mass is 32.1. The van der Waals surface area contributed by atoms with Crippen LogP contribution in [0.1, 0.15) is 31.1 Å². The minimum absolute atomic E-state index is 0.324. The number of rotatable bonds is 7. The van der Waals surface area contributed by atoms with Crippen LogP contribution in [0.15, 0.2) is 22.5 Å². The molecule has 0 radical (unpaired) electrons. The van der Waals surface area contributed by atoms with Crippen LogP contribution in [0.2, 0.25) is 0 Å². The lowest BCUT2D eigenvalue weighted by Crippen LogP contribution is -2.53. The predicted octanol–water partition coefficient (Wildman–Crippen LogP) is 1.78. The lowest BCUT2D eigenvalue weighted by molar-refractivity contribution is -0.139. The monoisotopic (exact) mass is 446 g/mol. The van der Waals surface area contributed by atoms with E-state index in [2.05, 4.69) is 49.4 Å². The van der Waals surface area contributed by atoms with Gasteiger partial charge in [0.25, 0.3) is 0 Å². The van der Waals surface area contributed by atoms with Crippen molar-refractivity contribution in [1.29, 1.82) is 0 Å². The Balaban J connectivity index is 1.18. The molecule has 2 saturated heterocycles. The van der Waals surface area contributed by atoms with Gasteiger partial charge in [0.2, 0.25) is 5.91 Å². The van der Waals surface area contributed by atoms with Gasteiger partial charge in [0.1, 0.15) is 0 Å². The minimum atomic E-state index is 0.324. The van der Waals surface area contributed by atoms with E-state index in [1.807, 2.05) is 11.3 Å². The van der Waals surface area contributed by atoms with Crippen LogP contribution < -0.4 is 5.32 Å². The number of piperazine rings is 2. The van der Waals surface area contributed by atoms with Gasteiger partial charge in [0, 0.05) is 82.8 Å². The number of carbonyl (C=O) groups excluding carboxylic acids is 1. The van der Waals surface area contributed by atoms with E-state index < -0.39 is 0 Å². The summed E-state index contributed by atoms with van der Waals surface area (Å²) in [5.74, 6) is 1.78. The summed E-state index contributed by atoms with van der Waals surface area (Å²) in [6.45, 7) is 13.8. The molecule has 0 spiro atoms. The van der Waals surface area contributed by atoms with Crippen LogP contribution in [-0.4, -0.2) is 103 Å². The number of amides is 1. The summed E-state index contributed by atoms with van der Waals surface area (Å²) in [6.07, 6.45) is 3.43. The lowest BCUT2D eigenvalue weighted by Gasteiger charge is -2.38. The van der Waals surface area contributed by atoms with Gasteiger partial charge >= 0.3 is 0 Å². The standard InChI is InChI=1S/C23H38N6OS/c1-2-24-23(29-16-12-27(13-17-29)19-21-7-4-18-31-21)25-8-9-26-10-14-28(15-11-26)22(30)20-5-3-6-20/h4,7,18,20H,2-3,5-6,8-17,19H2,1H3,(H,24,25). The van der Waals surface area contributed by atoms with Crippen LogP contribution in [0.5, 0.6) is 0 Å². The molecule has 1 aromatic rings. The second kappa shape index (κ2) is 11.3. The van der Waals surface area contributed by atoms with Crippen molar-refractivity contribution in [2.24, 2.45) is 10.9 Å². The smallest absolute Gasteiger partial charge is 0.225 e. The van der Waals surface area contributed by atoms with Gasteiger partial charge in [-0.1, -0.05) is 12.5 Å². The first-order chi connectivity index (χ1) is 15.2. The molecule has 1 N–H and O–H groups in total. The number of carbonyl (C=O) groups is 1. The third kappa shape index (κ3) is 6.20. The summed E-state index contributed by atoms with van der Waals surface area (Å²) < 4.78 is 0. The highest BCUT2D eigenvalue weighted by Crippen LogP contribution is 2.28. The summed E-state index contributed by atoms with van der Waals surface area (Å²) in [5.41, 5.74) is 0. The fraction of sp³-hybridized carbons (Fsp3) is 0.739. The normalized spacial score (nSPS) is 21.9. The van der Waals surface area contributed by atoms with Crippen LogP contribution in [0.4, 0.5) is 0 Å². The van der Waals surface area contributed by atoms with Crippen LogP contribution in [0, 0.1) is 5.92 Å². The van der Waals surface area contributed by atoms with Gasteiger partial charge in [-0.3, -0.25) is 19.6 Å². The number of hydrogen-bond donors (Lipinski definition) is 1. The largest absolute Gasteiger partial charge is 0.357 e. The second-order valence-electron chi connectivity index (χ2n) is 8.87. The Hall–Kier alpha value is -1.64. The predicted molar refractivity (Wildman–Crippen MR) is 128 cm³/mol. The number of aliphatic imine (C=N–C) groups is 1. The maximum absolute atomic E-state index is 12.4. The van der Waals surface area contributed by atoms with Crippen LogP contribution >= 0.6 is 11.3 Å². The van der Waals surface area contributed by atoms with Gasteiger partial charge in [-0.25, -0.2) is 0 Å². The van der Waals surface area contributed by atoms with Gasteiger partial charge in [-0.2, -0.15) is 0 Å². The Bertz CT molecular complexity index is 704. The molecule has 7 nitrogen and oxygen atoms in total. The third-order valence-corrected chi connectivity index (χ3v) is 7.64. The molecule has 1 amide bonds. The molecule has 0 aromatic carbocycles. The van der Waals surface area contributed by atoms with Crippen LogP contribution in [0.3, 0.4) is 0 Å². The SMILES string of the molecule is CCNC(=NCCN1CCN(C(=O)C2CCC2)CC1)N1CCN(Cc2cccs2)CC1. The maximum Gasteiger partial charge on any atom is 0.225 e. The zero-order valence-electron chi connectivity index (χ0n) is 19.0. The van der Waals surface area contributed by atoms with Crippen molar-refractivity contribution < 1.29 is 4.79 Å². The fourth-order valence-corrected chi connectivity index (χ4v) is 5.32. The number of hydrogen-bond acceptors (Lipinski definition) is 5. The van der Waals surface area contributed by atoms with E-state index in [1.165, 1.54) is 11.3 Å². The summed E-state index contributed by atoms with van der Waals surface area (Å²) in [4.78, 5) is 28.3. The molecular formula is C23H38N6OS. The molecule has 1 aromatic heterocycles. The molecular weight excluding hydrogens is 408 g/mol. The average molecular weight is 447 g/mol. The Kier molecular flexibility index (Phi) is 8.21. The van der Waals surface area contributed by atoms with Crippen molar-refractivity contribution >= 4 is 23.2 Å². The van der Waals surface area contributed by atoms with Gasteiger partial charge < -0.3 is 15.1 Å². The Morgan fingerprint density at radius 2 is 1.77 bits per heavy atom. The fourth-order valence-electron chi connectivity index (χ4n) is 4.57. The van der Waals surface area contributed by atoms with E-state index in [1.54, 1.807) is 0 Å². The summed E-state index contributed by atoms with van der Waals surface area (Å²) >= 11 is 1.85.